The van der Waals surface area contributed by atoms with Gasteiger partial charge in [-0.3, -0.25) is 39.7 Å². The van der Waals surface area contributed by atoms with E-state index in [1.165, 1.54) is 97.3 Å². The zero-order chi connectivity index (χ0) is 78.8. The molecule has 0 aliphatic heterocycles. The van der Waals surface area contributed by atoms with Crippen LogP contribution in [-0.2, 0) is 23.7 Å². The maximum absolute atomic E-state index is 13.0. The van der Waals surface area contributed by atoms with Crippen molar-refractivity contribution in [2.24, 2.45) is 0 Å². The topological polar surface area (TPSA) is 474 Å². The molecule has 104 heavy (non-hydrogen) atoms. The molecule has 39 heteroatoms. The second-order valence-corrected chi connectivity index (χ2v) is 22.4. The number of methoxy groups -OCH3 is 5. The van der Waals surface area contributed by atoms with Gasteiger partial charge in [-0.25, -0.2) is 56.1 Å². The molecule has 10 aromatic rings. The van der Waals surface area contributed by atoms with Crippen molar-refractivity contribution in [1.29, 1.82) is 0 Å². The van der Waals surface area contributed by atoms with Gasteiger partial charge in [-0.15, -0.1) is 0 Å². The number of esters is 5. The number of carbonyl (C=O) groups is 7. The minimum Gasteiger partial charge on any atom is -0.619 e. The second kappa shape index (κ2) is 43.5. The summed E-state index contributed by atoms with van der Waals surface area (Å²) < 4.78 is 87.7. The lowest BCUT2D eigenvalue weighted by atomic mass is 10.1. The fourth-order valence-corrected chi connectivity index (χ4v) is 9.03. The van der Waals surface area contributed by atoms with Crippen LogP contribution in [0, 0.1) is 81.0 Å². The van der Waals surface area contributed by atoms with Crippen molar-refractivity contribution in [3.63, 3.8) is 0 Å². The summed E-state index contributed by atoms with van der Waals surface area (Å²) in [5, 5.41) is 39.3. The molecule has 0 saturated heterocycles. The number of hydrogen-bond donors (Lipinski definition) is 6. The van der Waals surface area contributed by atoms with Gasteiger partial charge in [-0.1, -0.05) is 0 Å². The first-order valence-corrected chi connectivity index (χ1v) is 30.7. The molecule has 0 unspecified atom stereocenters. The highest BCUT2D eigenvalue weighted by Gasteiger charge is 2.21. The quantitative estimate of drug-likeness (QED) is 0.0284. The normalized spacial score (nSPS) is 9.68. The molecule has 0 amide bonds. The number of fused-ring (bicyclic) bond motifs is 1. The van der Waals surface area contributed by atoms with Crippen LogP contribution in [0.25, 0.3) is 10.9 Å². The highest BCUT2D eigenvalue weighted by molar-refractivity contribution is 9.11. The highest BCUT2D eigenvalue weighted by atomic mass is 79.9. The SMILES string of the molecule is COC(=O)c1c(C)c[n+]([O-])cc1F.COC(=O)c1c(C)c[n+]([O-])cc1N.COC(=O)c1c(C)cncc1F.COC(=O)c1c(C)cncc1N.COC(=O)c1c(F)cncc1Br.Cc1cncc(N)c1C(=O)O.Cc1cncc2nc[nH]c(=O)c12.Fc1cncc(Br)c1.O=C(O)c1c(F)cncc1Br. The molecule has 10 rings (SSSR count). The predicted molar refractivity (Wildman–Crippen MR) is 372 cm³/mol. The number of ether oxygens (including phenoxy) is 5. The van der Waals surface area contributed by atoms with Gasteiger partial charge in [0.25, 0.3) is 5.56 Å². The zero-order valence-electron chi connectivity index (χ0n) is 56.3. The van der Waals surface area contributed by atoms with Gasteiger partial charge in [-0.05, 0) is 118 Å². The first-order chi connectivity index (χ1) is 48.9. The number of aryl methyl sites for hydroxylation is 6. The number of aromatic carboxylic acids is 2. The van der Waals surface area contributed by atoms with Crippen molar-refractivity contribution in [2.75, 3.05) is 52.7 Å². The van der Waals surface area contributed by atoms with Crippen LogP contribution < -0.4 is 32.2 Å². The number of nitrogens with one attached hydrogen (secondary N) is 1. The predicted octanol–water partition coefficient (Wildman–Crippen LogP) is 9.36. The van der Waals surface area contributed by atoms with Crippen molar-refractivity contribution in [2.45, 2.75) is 41.5 Å². The molecule has 31 nitrogen and oxygen atoms in total. The Balaban J connectivity index is 0.000000398. The molecule has 10 heterocycles. The third-order valence-electron chi connectivity index (χ3n) is 12.4. The number of carboxylic acid groups (broad SMARTS) is 2. The summed E-state index contributed by atoms with van der Waals surface area (Å²) in [5.74, 6) is -8.84. The van der Waals surface area contributed by atoms with Crippen LogP contribution in [0.15, 0.2) is 142 Å². The number of pyridine rings is 9. The van der Waals surface area contributed by atoms with Crippen molar-refractivity contribution in [3.8, 4) is 0 Å². The molecular formula is C65H62Br3F5N14O17. The number of aromatic nitrogens is 11. The lowest BCUT2D eigenvalue weighted by molar-refractivity contribution is -0.607. The summed E-state index contributed by atoms with van der Waals surface area (Å²) >= 11 is 8.91. The zero-order valence-corrected chi connectivity index (χ0v) is 61.1. The average Bonchev–Trinajstić information content (AvgIpc) is 0.937. The molecule has 0 bridgehead atoms. The third-order valence-corrected chi connectivity index (χ3v) is 14.0. The van der Waals surface area contributed by atoms with E-state index in [1.54, 1.807) is 46.3 Å². The lowest BCUT2D eigenvalue weighted by Gasteiger charge is -2.06. The van der Waals surface area contributed by atoms with Gasteiger partial charge in [0.15, 0.2) is 29.8 Å². The molecule has 0 atom stereocenters. The van der Waals surface area contributed by atoms with Gasteiger partial charge in [0.2, 0.25) is 18.2 Å². The third kappa shape index (κ3) is 27.1. The van der Waals surface area contributed by atoms with E-state index in [0.717, 1.165) is 55.4 Å². The fourth-order valence-electron chi connectivity index (χ4n) is 7.75. The first-order valence-electron chi connectivity index (χ1n) is 28.3. The van der Waals surface area contributed by atoms with Crippen LogP contribution in [0.1, 0.15) is 106 Å². The number of nitrogens with two attached hydrogens (primary N) is 3. The van der Waals surface area contributed by atoms with Gasteiger partial charge >= 0.3 is 41.8 Å². The number of carboxylic acids is 2. The van der Waals surface area contributed by atoms with E-state index in [0.29, 0.717) is 59.0 Å². The number of anilines is 3. The molecule has 0 aliphatic rings. The number of nitrogens with zero attached hydrogens (tertiary/aromatic N) is 10. The summed E-state index contributed by atoms with van der Waals surface area (Å²) in [6, 6.07) is 1.35. The summed E-state index contributed by atoms with van der Waals surface area (Å²) in [6.45, 7) is 9.94. The van der Waals surface area contributed by atoms with Crippen LogP contribution in [-0.4, -0.2) is 132 Å². The van der Waals surface area contributed by atoms with E-state index < -0.39 is 65.1 Å². The molecule has 550 valence electrons. The van der Waals surface area contributed by atoms with Crippen LogP contribution >= 0.6 is 47.8 Å². The van der Waals surface area contributed by atoms with E-state index in [4.69, 9.17) is 27.4 Å². The van der Waals surface area contributed by atoms with Crippen LogP contribution in [0.4, 0.5) is 39.0 Å². The Kier molecular flexibility index (Phi) is 36.8. The number of halogens is 8. The Morgan fingerprint density at radius 1 is 0.423 bits per heavy atom. The summed E-state index contributed by atoms with van der Waals surface area (Å²) in [7, 11) is 6.14. The van der Waals surface area contributed by atoms with E-state index in [-0.39, 0.29) is 70.6 Å². The molecule has 9 N–H and O–H groups in total. The Hall–Kier alpha value is -12.1. The van der Waals surface area contributed by atoms with E-state index >= 15 is 0 Å². The Bertz CT molecular complexity index is 4310. The van der Waals surface area contributed by atoms with Crippen molar-refractivity contribution in [3.05, 3.63) is 260 Å². The minimum absolute atomic E-state index is 0.0486. The molecule has 0 aromatic carbocycles. The number of aromatic amines is 1. The largest absolute Gasteiger partial charge is 0.619 e. The highest BCUT2D eigenvalue weighted by Crippen LogP contribution is 2.21. The number of nitrogen functional groups attached to an aromatic ring is 3. The molecule has 10 aromatic heterocycles. The number of H-pyrrole nitrogens is 1. The van der Waals surface area contributed by atoms with Gasteiger partial charge < -0.3 is 66.5 Å². The van der Waals surface area contributed by atoms with E-state index in [1.807, 2.05) is 6.92 Å². The van der Waals surface area contributed by atoms with Gasteiger partial charge in [0, 0.05) is 59.0 Å². The first kappa shape index (κ1) is 88.0. The maximum atomic E-state index is 13.0. The number of rotatable bonds is 7. The smallest absolute Gasteiger partial charge is 0.342 e. The Labute approximate surface area is 611 Å². The summed E-state index contributed by atoms with van der Waals surface area (Å²) in [5.41, 5.74) is 21.0. The molecule has 0 aliphatic carbocycles. The fraction of sp³-hybridized carbons (Fsp3) is 0.169. The average molecular weight is 1650 g/mol. The van der Waals surface area contributed by atoms with Crippen LogP contribution in [0.2, 0.25) is 0 Å². The van der Waals surface area contributed by atoms with Gasteiger partial charge in [0.05, 0.1) is 133 Å². The summed E-state index contributed by atoms with van der Waals surface area (Å²) in [6.07, 6.45) is 24.0. The lowest BCUT2D eigenvalue weighted by Crippen LogP contribution is -2.28. The van der Waals surface area contributed by atoms with Crippen molar-refractivity contribution in [1.82, 2.24) is 44.9 Å². The van der Waals surface area contributed by atoms with Gasteiger partial charge in [0.1, 0.15) is 33.8 Å². The monoisotopic (exact) mass is 1640 g/mol. The number of carbonyl (C=O) groups excluding carboxylic acids is 5. The van der Waals surface area contributed by atoms with E-state index in [9.17, 15) is 70.7 Å². The van der Waals surface area contributed by atoms with Gasteiger partial charge in [-0.2, -0.15) is 13.9 Å². The molecule has 0 spiro atoms. The van der Waals surface area contributed by atoms with Crippen LogP contribution in [0.3, 0.4) is 0 Å². The second-order valence-electron chi connectivity index (χ2n) is 19.7. The maximum Gasteiger partial charge on any atom is 0.342 e. The molecule has 0 fully saturated rings. The molecule has 0 saturated carbocycles. The molecule has 0 radical (unpaired) electrons. The standard InChI is InChI=1S/C8H8FNO3.C8H8FNO2.C8H7N3O.C8H10N2O3.C8H10N2O2.C7H5BrFNO2.C7H8N2O2.C6H3BrFNO2.C5H3BrFN/c1-5-3-10(12)4-6(9)7(5)8(11)13-2;1-5-3-10-4-6(9)7(5)8(11)12-2;1-5-2-9-3-6-7(5)8(12)11-4-10-6;1-5-3-10(12)4-6(9)7(5)8(11)13-2;1-5-3-10-4-6(9)7(5)8(11)12-2;1-12-7(11)6-4(8)2-10-3-5(6)9;1-4-2-9-3-5(8)6(4)7(10)11;7-3-1-9-2-4(8)5(3)6(10)11;6-4-1-5(7)3-8-2-4/h3-4H,1-2H3;3-4H,1-2H3;2-4H,1H3,(H,10,11,12);3-4H,9H2,1-2H3;3-4H,9H2,1-2H3;2-3H,1H3;2-3H,8H2,1H3,(H,10,11);1-2H,(H,10,11);1-3H. The molecular weight excluding hydrogens is 1580 g/mol. The Morgan fingerprint density at radius 3 is 1.15 bits per heavy atom. The number of hydrogen-bond acceptors (Lipinski definition) is 26. The Morgan fingerprint density at radius 2 is 0.779 bits per heavy atom. The van der Waals surface area contributed by atoms with E-state index in [2.05, 4.69) is 116 Å². The summed E-state index contributed by atoms with van der Waals surface area (Å²) in [4.78, 5) is 119. The minimum atomic E-state index is -1.31. The van der Waals surface area contributed by atoms with Crippen molar-refractivity contribution < 1.29 is 98.9 Å². The van der Waals surface area contributed by atoms with Crippen molar-refractivity contribution >= 4 is 118 Å². The van der Waals surface area contributed by atoms with Crippen LogP contribution in [0.5, 0.6) is 0 Å².